The Morgan fingerprint density at radius 3 is 2.50 bits per heavy atom. The number of carbonyl (C=O) groups excluding carboxylic acids is 1. The summed E-state index contributed by atoms with van der Waals surface area (Å²) in [5, 5.41) is 18.6. The molecule has 0 unspecified atom stereocenters. The Labute approximate surface area is 167 Å². The number of hydrogen-bond acceptors (Lipinski definition) is 6. The van der Waals surface area contributed by atoms with Gasteiger partial charge in [-0.3, -0.25) is 5.10 Å². The number of rotatable bonds is 8. The molecule has 3 rings (SSSR count). The molecular weight excluding hydrogens is 374 g/mol. The van der Waals surface area contributed by atoms with E-state index in [1.807, 2.05) is 38.1 Å². The summed E-state index contributed by atoms with van der Waals surface area (Å²) in [6, 6.07) is 15.4. The van der Waals surface area contributed by atoms with E-state index >= 15 is 0 Å². The van der Waals surface area contributed by atoms with Gasteiger partial charge in [0.2, 0.25) is 5.16 Å². The number of ether oxygens (including phenoxy) is 1. The number of carboxylic acids is 1. The van der Waals surface area contributed by atoms with E-state index in [1.54, 1.807) is 24.3 Å². The Balaban J connectivity index is 1.66. The van der Waals surface area contributed by atoms with Crippen molar-refractivity contribution in [2.45, 2.75) is 32.0 Å². The highest BCUT2D eigenvalue weighted by Crippen LogP contribution is 2.26. The third kappa shape index (κ3) is 5.47. The molecular formula is C21H20N3O3S-. The van der Waals surface area contributed by atoms with Gasteiger partial charge in [-0.1, -0.05) is 48.9 Å². The molecule has 7 heteroatoms. The molecule has 1 heterocycles. The van der Waals surface area contributed by atoms with Crippen molar-refractivity contribution in [3.8, 4) is 5.75 Å². The molecule has 28 heavy (non-hydrogen) atoms. The molecule has 2 aromatic carbocycles. The molecule has 0 atom stereocenters. The number of hydrogen-bond donors (Lipinski definition) is 1. The molecule has 0 radical (unpaired) electrons. The first-order valence-electron chi connectivity index (χ1n) is 8.84. The minimum atomic E-state index is -1.27. The number of aromatic amines is 1. The van der Waals surface area contributed by atoms with E-state index in [9.17, 15) is 9.90 Å². The average Bonchev–Trinajstić information content (AvgIpc) is 3.16. The van der Waals surface area contributed by atoms with Gasteiger partial charge in [0.1, 0.15) is 18.2 Å². The van der Waals surface area contributed by atoms with Gasteiger partial charge in [0.25, 0.3) is 0 Å². The molecule has 6 nitrogen and oxygen atoms in total. The lowest BCUT2D eigenvalue weighted by molar-refractivity contribution is -0.297. The van der Waals surface area contributed by atoms with Crippen molar-refractivity contribution in [2.24, 2.45) is 0 Å². The first kappa shape index (κ1) is 19.7. The fourth-order valence-electron chi connectivity index (χ4n) is 2.37. The van der Waals surface area contributed by atoms with Crippen LogP contribution < -0.4 is 9.84 Å². The molecule has 0 aliphatic carbocycles. The second-order valence-electron chi connectivity index (χ2n) is 6.16. The average molecular weight is 394 g/mol. The van der Waals surface area contributed by atoms with Crippen LogP contribution in [0, 0.1) is 6.92 Å². The third-order valence-corrected chi connectivity index (χ3v) is 4.82. The molecule has 0 fully saturated rings. The van der Waals surface area contributed by atoms with Gasteiger partial charge in [-0.25, -0.2) is 4.98 Å². The van der Waals surface area contributed by atoms with Crippen molar-refractivity contribution in [2.75, 3.05) is 0 Å². The number of carboxylic acid groups (broad SMARTS) is 1. The predicted octanol–water partition coefficient (Wildman–Crippen LogP) is 3.14. The Hall–Kier alpha value is -3.06. The van der Waals surface area contributed by atoms with Crippen LogP contribution in [0.3, 0.4) is 0 Å². The zero-order chi connectivity index (χ0) is 19.9. The fraction of sp³-hybridized carbons (Fsp3) is 0.190. The second kappa shape index (κ2) is 9.23. The smallest absolute Gasteiger partial charge is 0.213 e. The number of nitrogens with one attached hydrogen (secondary N) is 1. The topological polar surface area (TPSA) is 90.9 Å². The van der Waals surface area contributed by atoms with Crippen LogP contribution in [0.1, 0.15) is 29.4 Å². The molecule has 0 aliphatic heterocycles. The zero-order valence-electron chi connectivity index (χ0n) is 15.6. The summed E-state index contributed by atoms with van der Waals surface area (Å²) in [6.45, 7) is 4.45. The van der Waals surface area contributed by atoms with Crippen molar-refractivity contribution in [1.82, 2.24) is 15.2 Å². The second-order valence-corrected chi connectivity index (χ2v) is 7.17. The highest BCUT2D eigenvalue weighted by molar-refractivity contribution is 8.04. The largest absolute Gasteiger partial charge is 0.544 e. The van der Waals surface area contributed by atoms with Gasteiger partial charge < -0.3 is 14.6 Å². The van der Waals surface area contributed by atoms with E-state index < -0.39 is 5.97 Å². The summed E-state index contributed by atoms with van der Waals surface area (Å²) in [5.41, 5.74) is 3.02. The third-order valence-electron chi connectivity index (χ3n) is 3.95. The zero-order valence-corrected chi connectivity index (χ0v) is 16.5. The first-order valence-corrected chi connectivity index (χ1v) is 9.65. The Bertz CT molecular complexity index is 963. The van der Waals surface area contributed by atoms with Gasteiger partial charge in [-0.05, 0) is 48.0 Å². The van der Waals surface area contributed by atoms with Crippen molar-refractivity contribution >= 4 is 23.8 Å². The van der Waals surface area contributed by atoms with E-state index in [-0.39, 0.29) is 4.91 Å². The maximum absolute atomic E-state index is 11.4. The minimum Gasteiger partial charge on any atom is -0.544 e. The standard InChI is InChI=1S/C21H21N3O3S/c1-3-19-22-21(24-23-19)28-18(20(25)26)12-15-8-10-17(11-9-15)27-13-16-6-4-14(2)5-7-16/h4-12H,3,13H2,1-2H3,(H,25,26)(H,22,23,24)/p-1/b18-12-. The van der Waals surface area contributed by atoms with Crippen LogP contribution in [-0.4, -0.2) is 21.2 Å². The number of nitrogens with zero attached hydrogens (tertiary/aromatic N) is 2. The van der Waals surface area contributed by atoms with E-state index in [2.05, 4.69) is 15.2 Å². The van der Waals surface area contributed by atoms with Crippen molar-refractivity contribution in [1.29, 1.82) is 0 Å². The van der Waals surface area contributed by atoms with Gasteiger partial charge in [0.15, 0.2) is 0 Å². The van der Waals surface area contributed by atoms with Crippen molar-refractivity contribution in [3.05, 3.63) is 76.0 Å². The Morgan fingerprint density at radius 1 is 1.18 bits per heavy atom. The lowest BCUT2D eigenvalue weighted by atomic mass is 10.1. The van der Waals surface area contributed by atoms with Gasteiger partial charge >= 0.3 is 0 Å². The Morgan fingerprint density at radius 2 is 1.89 bits per heavy atom. The molecule has 0 saturated carbocycles. The normalized spacial score (nSPS) is 11.4. The summed E-state index contributed by atoms with van der Waals surface area (Å²) in [6.07, 6.45) is 2.23. The molecule has 1 N–H and O–H groups in total. The predicted molar refractivity (Wildman–Crippen MR) is 107 cm³/mol. The lowest BCUT2D eigenvalue weighted by Gasteiger charge is -2.08. The van der Waals surface area contributed by atoms with E-state index in [0.717, 1.165) is 22.9 Å². The van der Waals surface area contributed by atoms with Crippen LogP contribution in [0.15, 0.2) is 58.6 Å². The molecule has 1 aromatic heterocycles. The number of aryl methyl sites for hydroxylation is 2. The maximum Gasteiger partial charge on any atom is 0.213 e. The summed E-state index contributed by atoms with van der Waals surface area (Å²) in [4.78, 5) is 15.7. The minimum absolute atomic E-state index is 0.0370. The van der Waals surface area contributed by atoms with Crippen molar-refractivity contribution in [3.63, 3.8) is 0 Å². The summed E-state index contributed by atoms with van der Waals surface area (Å²) >= 11 is 0.955. The summed E-state index contributed by atoms with van der Waals surface area (Å²) in [7, 11) is 0. The highest BCUT2D eigenvalue weighted by Gasteiger charge is 2.08. The molecule has 0 spiro atoms. The van der Waals surface area contributed by atoms with Crippen LogP contribution in [0.25, 0.3) is 6.08 Å². The fourth-order valence-corrected chi connectivity index (χ4v) is 3.09. The maximum atomic E-state index is 11.4. The molecule has 0 bridgehead atoms. The number of aromatic nitrogens is 3. The van der Waals surface area contributed by atoms with Crippen LogP contribution in [0.4, 0.5) is 0 Å². The van der Waals surface area contributed by atoms with Crippen LogP contribution in [0.5, 0.6) is 5.75 Å². The van der Waals surface area contributed by atoms with E-state index in [4.69, 9.17) is 4.74 Å². The van der Waals surface area contributed by atoms with Crippen LogP contribution in [0.2, 0.25) is 0 Å². The van der Waals surface area contributed by atoms with E-state index in [0.29, 0.717) is 29.8 Å². The molecule has 3 aromatic rings. The van der Waals surface area contributed by atoms with Gasteiger partial charge in [-0.15, -0.1) is 5.10 Å². The molecule has 0 saturated heterocycles. The van der Waals surface area contributed by atoms with Gasteiger partial charge in [0.05, 0.1) is 5.97 Å². The Kier molecular flexibility index (Phi) is 6.49. The lowest BCUT2D eigenvalue weighted by Crippen LogP contribution is -2.23. The summed E-state index contributed by atoms with van der Waals surface area (Å²) < 4.78 is 5.77. The quantitative estimate of drug-likeness (QED) is 0.466. The van der Waals surface area contributed by atoms with Crippen LogP contribution in [-0.2, 0) is 17.8 Å². The number of benzene rings is 2. The number of carbonyl (C=O) groups is 1. The van der Waals surface area contributed by atoms with E-state index in [1.165, 1.54) is 11.6 Å². The highest BCUT2D eigenvalue weighted by atomic mass is 32.2. The number of thioether (sulfide) groups is 1. The molecule has 144 valence electrons. The monoisotopic (exact) mass is 394 g/mol. The molecule has 0 amide bonds. The van der Waals surface area contributed by atoms with Gasteiger partial charge in [0, 0.05) is 11.3 Å². The summed E-state index contributed by atoms with van der Waals surface area (Å²) in [5.74, 6) is 0.143. The van der Waals surface area contributed by atoms with Gasteiger partial charge in [-0.2, -0.15) is 0 Å². The molecule has 0 aliphatic rings. The number of aliphatic carboxylic acids is 1. The van der Waals surface area contributed by atoms with Crippen LogP contribution >= 0.6 is 11.8 Å². The first-order chi connectivity index (χ1) is 13.5. The SMILES string of the molecule is CCc1nc(S/C(=C\c2ccc(OCc3ccc(C)cc3)cc2)C(=O)[O-])n[nH]1. The van der Waals surface area contributed by atoms with Crippen molar-refractivity contribution < 1.29 is 14.6 Å². The number of H-pyrrole nitrogens is 1.